The van der Waals surface area contributed by atoms with Crippen molar-refractivity contribution in [3.8, 4) is 5.75 Å². The summed E-state index contributed by atoms with van der Waals surface area (Å²) in [5.41, 5.74) is 1.17. The molecular weight excluding hydrogens is 477 g/mol. The van der Waals surface area contributed by atoms with Crippen LogP contribution in [0.3, 0.4) is 0 Å². The first-order valence-electron chi connectivity index (χ1n) is 10.8. The molecule has 0 spiro atoms. The van der Waals surface area contributed by atoms with E-state index in [1.807, 2.05) is 19.2 Å². The second kappa shape index (κ2) is 12.5. The smallest absolute Gasteiger partial charge is 0.191 e. The van der Waals surface area contributed by atoms with Crippen LogP contribution in [0, 0.1) is 5.92 Å². The highest BCUT2D eigenvalue weighted by Gasteiger charge is 2.25. The van der Waals surface area contributed by atoms with Crippen LogP contribution in [0.25, 0.3) is 0 Å². The Morgan fingerprint density at radius 3 is 2.66 bits per heavy atom. The van der Waals surface area contributed by atoms with Crippen LogP contribution in [0.5, 0.6) is 5.75 Å². The molecule has 2 N–H and O–H groups in total. The van der Waals surface area contributed by atoms with Gasteiger partial charge in [-0.1, -0.05) is 19.1 Å². The summed E-state index contributed by atoms with van der Waals surface area (Å²) in [5, 5.41) is 7.08. The van der Waals surface area contributed by atoms with Gasteiger partial charge in [0.05, 0.1) is 12.8 Å². The molecule has 1 aromatic carbocycles. The van der Waals surface area contributed by atoms with Gasteiger partial charge in [-0.2, -0.15) is 0 Å². The van der Waals surface area contributed by atoms with E-state index in [0.717, 1.165) is 50.1 Å². The third-order valence-corrected chi connectivity index (χ3v) is 6.00. The lowest BCUT2D eigenvalue weighted by molar-refractivity contribution is 0.191. The summed E-state index contributed by atoms with van der Waals surface area (Å²) in [6.07, 6.45) is 4.96. The number of likely N-dealkylation sites (tertiary alicyclic amines) is 1. The standard InChI is InChI=1S/C22H37N5O.HI/c1-18-9-14-26(15-10-18)13-6-12-24-22(23-2)25-19-11-16-27(17-19)20-7-4-5-8-21(20)28-3;/h4-5,7-8,18-19H,6,9-17H2,1-3H3,(H2,23,24,25);1H. The summed E-state index contributed by atoms with van der Waals surface area (Å²) >= 11 is 0. The Balaban J connectivity index is 0.00000300. The van der Waals surface area contributed by atoms with E-state index in [1.165, 1.54) is 38.2 Å². The molecule has 29 heavy (non-hydrogen) atoms. The van der Waals surface area contributed by atoms with Crippen molar-refractivity contribution in [2.75, 3.05) is 58.3 Å². The van der Waals surface area contributed by atoms with Crippen molar-refractivity contribution in [3.63, 3.8) is 0 Å². The quantitative estimate of drug-likeness (QED) is 0.253. The number of para-hydroxylation sites is 2. The fourth-order valence-electron chi connectivity index (χ4n) is 4.17. The number of piperidine rings is 1. The number of hydrogen-bond donors (Lipinski definition) is 2. The van der Waals surface area contributed by atoms with E-state index < -0.39 is 0 Å². The second-order valence-electron chi connectivity index (χ2n) is 8.12. The molecule has 0 saturated carbocycles. The molecule has 0 radical (unpaired) electrons. The maximum Gasteiger partial charge on any atom is 0.191 e. The van der Waals surface area contributed by atoms with Gasteiger partial charge in [-0.3, -0.25) is 4.99 Å². The summed E-state index contributed by atoms with van der Waals surface area (Å²) in [4.78, 5) is 9.40. The Morgan fingerprint density at radius 2 is 1.93 bits per heavy atom. The summed E-state index contributed by atoms with van der Waals surface area (Å²) in [5.74, 6) is 2.76. The molecule has 1 unspecified atom stereocenters. The maximum absolute atomic E-state index is 5.51. The molecule has 164 valence electrons. The first-order valence-corrected chi connectivity index (χ1v) is 10.8. The lowest BCUT2D eigenvalue weighted by Crippen LogP contribution is -2.45. The monoisotopic (exact) mass is 515 g/mol. The molecule has 2 fully saturated rings. The van der Waals surface area contributed by atoms with E-state index >= 15 is 0 Å². The van der Waals surface area contributed by atoms with Gasteiger partial charge >= 0.3 is 0 Å². The molecule has 2 aliphatic rings. The third kappa shape index (κ3) is 7.20. The van der Waals surface area contributed by atoms with Gasteiger partial charge < -0.3 is 25.2 Å². The molecular formula is C22H38IN5O. The Morgan fingerprint density at radius 1 is 1.17 bits per heavy atom. The fraction of sp³-hybridized carbons (Fsp3) is 0.682. The van der Waals surface area contributed by atoms with E-state index in [1.54, 1.807) is 7.11 Å². The van der Waals surface area contributed by atoms with Gasteiger partial charge in [-0.25, -0.2) is 0 Å². The van der Waals surface area contributed by atoms with Crippen LogP contribution >= 0.6 is 24.0 Å². The number of rotatable bonds is 7. The molecule has 0 bridgehead atoms. The van der Waals surface area contributed by atoms with Gasteiger partial charge in [-0.15, -0.1) is 24.0 Å². The molecule has 2 aliphatic heterocycles. The van der Waals surface area contributed by atoms with Crippen molar-refractivity contribution in [3.05, 3.63) is 24.3 Å². The van der Waals surface area contributed by atoms with Crippen LogP contribution in [0.15, 0.2) is 29.3 Å². The van der Waals surface area contributed by atoms with Crippen molar-refractivity contribution in [2.45, 2.75) is 38.6 Å². The van der Waals surface area contributed by atoms with Gasteiger partial charge in [0.1, 0.15) is 5.75 Å². The van der Waals surface area contributed by atoms with Crippen LogP contribution in [0.2, 0.25) is 0 Å². The summed E-state index contributed by atoms with van der Waals surface area (Å²) < 4.78 is 5.51. The van der Waals surface area contributed by atoms with Crippen LogP contribution < -0.4 is 20.3 Å². The van der Waals surface area contributed by atoms with E-state index in [0.29, 0.717) is 6.04 Å². The maximum atomic E-state index is 5.51. The molecule has 2 saturated heterocycles. The lowest BCUT2D eigenvalue weighted by Gasteiger charge is -2.30. The third-order valence-electron chi connectivity index (χ3n) is 6.00. The van der Waals surface area contributed by atoms with Gasteiger partial charge in [0.25, 0.3) is 0 Å². The van der Waals surface area contributed by atoms with Crippen molar-refractivity contribution < 1.29 is 4.74 Å². The SMILES string of the molecule is CN=C(NCCCN1CCC(C)CC1)NC1CCN(c2ccccc2OC)C1.I. The topological polar surface area (TPSA) is 52.1 Å². The molecule has 0 aromatic heterocycles. The van der Waals surface area contributed by atoms with Crippen molar-refractivity contribution in [1.29, 1.82) is 0 Å². The molecule has 0 aliphatic carbocycles. The molecule has 1 aromatic rings. The number of nitrogens with zero attached hydrogens (tertiary/aromatic N) is 3. The highest BCUT2D eigenvalue weighted by molar-refractivity contribution is 14.0. The minimum Gasteiger partial charge on any atom is -0.495 e. The summed E-state index contributed by atoms with van der Waals surface area (Å²) in [7, 11) is 3.59. The van der Waals surface area contributed by atoms with Crippen molar-refractivity contribution >= 4 is 35.6 Å². The lowest BCUT2D eigenvalue weighted by atomic mass is 9.99. The molecule has 1 atom stereocenters. The Kier molecular flexibility index (Phi) is 10.3. The van der Waals surface area contributed by atoms with Crippen molar-refractivity contribution in [2.24, 2.45) is 10.9 Å². The van der Waals surface area contributed by atoms with Gasteiger partial charge in [-0.05, 0) is 63.4 Å². The largest absolute Gasteiger partial charge is 0.495 e. The van der Waals surface area contributed by atoms with Crippen LogP contribution in [0.4, 0.5) is 5.69 Å². The van der Waals surface area contributed by atoms with E-state index in [-0.39, 0.29) is 24.0 Å². The Bertz CT molecular complexity index is 633. The fourth-order valence-corrected chi connectivity index (χ4v) is 4.17. The second-order valence-corrected chi connectivity index (χ2v) is 8.12. The van der Waals surface area contributed by atoms with E-state index in [4.69, 9.17) is 4.74 Å². The zero-order valence-corrected chi connectivity index (χ0v) is 20.5. The van der Waals surface area contributed by atoms with Crippen LogP contribution in [-0.2, 0) is 0 Å². The number of anilines is 1. The first kappa shape index (κ1) is 24.1. The van der Waals surface area contributed by atoms with Crippen LogP contribution in [0.1, 0.15) is 32.6 Å². The molecule has 0 amide bonds. The number of halogens is 1. The minimum absolute atomic E-state index is 0. The predicted molar refractivity (Wildman–Crippen MR) is 133 cm³/mol. The van der Waals surface area contributed by atoms with Gasteiger partial charge in [0.15, 0.2) is 5.96 Å². The number of aliphatic imine (C=N–C) groups is 1. The Hall–Kier alpha value is -1.22. The minimum atomic E-state index is 0. The molecule has 3 rings (SSSR count). The zero-order chi connectivity index (χ0) is 19.8. The molecule has 2 heterocycles. The number of nitrogens with one attached hydrogen (secondary N) is 2. The average molecular weight is 515 g/mol. The average Bonchev–Trinajstić information content (AvgIpc) is 3.20. The van der Waals surface area contributed by atoms with Gasteiger partial charge in [0, 0.05) is 32.7 Å². The van der Waals surface area contributed by atoms with E-state index in [2.05, 4.69) is 44.5 Å². The van der Waals surface area contributed by atoms with Crippen LogP contribution in [-0.4, -0.2) is 70.3 Å². The highest BCUT2D eigenvalue weighted by atomic mass is 127. The predicted octanol–water partition coefficient (Wildman–Crippen LogP) is 3.18. The first-order chi connectivity index (χ1) is 13.7. The summed E-state index contributed by atoms with van der Waals surface area (Å²) in [6, 6.07) is 8.65. The number of methoxy groups -OCH3 is 1. The zero-order valence-electron chi connectivity index (χ0n) is 18.2. The van der Waals surface area contributed by atoms with Gasteiger partial charge in [0.2, 0.25) is 0 Å². The molecule has 7 heteroatoms. The number of ether oxygens (including phenoxy) is 1. The normalized spacial score (nSPS) is 21.0. The van der Waals surface area contributed by atoms with E-state index in [9.17, 15) is 0 Å². The summed E-state index contributed by atoms with van der Waals surface area (Å²) in [6.45, 7) is 9.03. The number of guanidine groups is 1. The molecule has 6 nitrogen and oxygen atoms in total. The Labute approximate surface area is 193 Å². The number of benzene rings is 1. The highest BCUT2D eigenvalue weighted by Crippen LogP contribution is 2.30. The van der Waals surface area contributed by atoms with Crippen molar-refractivity contribution in [1.82, 2.24) is 15.5 Å². The number of hydrogen-bond acceptors (Lipinski definition) is 4.